The van der Waals surface area contributed by atoms with E-state index in [2.05, 4.69) is 0 Å². The number of hydrogen-bond acceptors (Lipinski definition) is 5. The van der Waals surface area contributed by atoms with Gasteiger partial charge in [-0.2, -0.15) is 0 Å². The van der Waals surface area contributed by atoms with E-state index in [9.17, 15) is 14.4 Å². The van der Waals surface area contributed by atoms with E-state index in [1.165, 1.54) is 17.1 Å². The average Bonchev–Trinajstić information content (AvgIpc) is 3.02. The molecule has 0 radical (unpaired) electrons. The third kappa shape index (κ3) is 3.26. The topological polar surface area (TPSA) is 72.9 Å². The maximum atomic E-state index is 13.5. The van der Waals surface area contributed by atoms with Gasteiger partial charge in [0.1, 0.15) is 17.0 Å². The van der Waals surface area contributed by atoms with Crippen molar-refractivity contribution in [3.05, 3.63) is 89.5 Å². The highest BCUT2D eigenvalue weighted by Crippen LogP contribution is 2.45. The molecule has 0 fully saturated rings. The van der Waals surface area contributed by atoms with Crippen molar-refractivity contribution in [3.8, 4) is 11.5 Å². The molecule has 6 nitrogen and oxygen atoms in total. The van der Waals surface area contributed by atoms with Crippen LogP contribution in [0.1, 0.15) is 15.9 Å². The first kappa shape index (κ1) is 20.3. The third-order valence-electron chi connectivity index (χ3n) is 5.69. The van der Waals surface area contributed by atoms with E-state index >= 15 is 0 Å². The predicted molar refractivity (Wildman–Crippen MR) is 116 cm³/mol. The summed E-state index contributed by atoms with van der Waals surface area (Å²) in [4.78, 5) is 40.2. The van der Waals surface area contributed by atoms with Crippen LogP contribution in [0.2, 0.25) is 0 Å². The Morgan fingerprint density at radius 3 is 1.87 bits per heavy atom. The SMILES string of the molecule is COc1ccc(C(=O)C2=C(c3ccc(OC)cc3)C3(C=CC(=O)C=C3)N(C)C2=O)cc1. The monoisotopic (exact) mass is 415 g/mol. The Kier molecular flexibility index (Phi) is 5.07. The standard InChI is InChI=1S/C25H21NO5/c1-26-24(29)21(23(28)17-6-10-20(31-3)11-7-17)22(16-4-8-19(30-2)9-5-16)25(26)14-12-18(27)13-15-25/h4-15H,1-3H3. The van der Waals surface area contributed by atoms with Gasteiger partial charge in [0.25, 0.3) is 5.91 Å². The number of likely N-dealkylation sites (N-methyl/N-ethyl adjacent to an activating group) is 1. The number of nitrogens with zero attached hydrogens (tertiary/aromatic N) is 1. The van der Waals surface area contributed by atoms with Gasteiger partial charge in [0.15, 0.2) is 11.6 Å². The molecule has 6 heteroatoms. The molecule has 1 heterocycles. The van der Waals surface area contributed by atoms with E-state index in [0.29, 0.717) is 28.2 Å². The van der Waals surface area contributed by atoms with Crippen molar-refractivity contribution in [2.24, 2.45) is 0 Å². The van der Waals surface area contributed by atoms with E-state index in [1.807, 2.05) is 12.1 Å². The second-order valence-electron chi connectivity index (χ2n) is 7.29. The van der Waals surface area contributed by atoms with Crippen molar-refractivity contribution in [2.75, 3.05) is 21.3 Å². The van der Waals surface area contributed by atoms with Crippen molar-refractivity contribution in [1.82, 2.24) is 4.90 Å². The van der Waals surface area contributed by atoms with Crippen LogP contribution in [-0.4, -0.2) is 49.2 Å². The molecule has 0 saturated heterocycles. The number of ether oxygens (including phenoxy) is 2. The molecular formula is C25H21NO5. The number of benzene rings is 2. The molecular weight excluding hydrogens is 394 g/mol. The van der Waals surface area contributed by atoms with Gasteiger partial charge < -0.3 is 14.4 Å². The molecule has 1 amide bonds. The minimum atomic E-state index is -1.03. The van der Waals surface area contributed by atoms with Gasteiger partial charge in [0, 0.05) is 18.2 Å². The number of methoxy groups -OCH3 is 2. The molecule has 1 spiro atoms. The maximum Gasteiger partial charge on any atom is 0.259 e. The first-order valence-corrected chi connectivity index (χ1v) is 9.70. The average molecular weight is 415 g/mol. The molecule has 0 unspecified atom stereocenters. The summed E-state index contributed by atoms with van der Waals surface area (Å²) in [6.45, 7) is 0. The number of carbonyl (C=O) groups excluding carboxylic acids is 3. The van der Waals surface area contributed by atoms with Gasteiger partial charge >= 0.3 is 0 Å². The van der Waals surface area contributed by atoms with E-state index in [-0.39, 0.29) is 17.1 Å². The molecule has 0 N–H and O–H groups in total. The van der Waals surface area contributed by atoms with Gasteiger partial charge in [-0.05, 0) is 66.3 Å². The molecule has 0 atom stereocenters. The molecule has 1 aliphatic heterocycles. The molecule has 1 aliphatic carbocycles. The predicted octanol–water partition coefficient (Wildman–Crippen LogP) is 3.25. The summed E-state index contributed by atoms with van der Waals surface area (Å²) >= 11 is 0. The van der Waals surface area contributed by atoms with Crippen LogP contribution >= 0.6 is 0 Å². The highest BCUT2D eigenvalue weighted by Gasteiger charge is 2.50. The van der Waals surface area contributed by atoms with Gasteiger partial charge in [-0.25, -0.2) is 0 Å². The van der Waals surface area contributed by atoms with Crippen molar-refractivity contribution < 1.29 is 23.9 Å². The number of hydrogen-bond donors (Lipinski definition) is 0. The normalized spacial score (nSPS) is 16.9. The Morgan fingerprint density at radius 2 is 1.35 bits per heavy atom. The summed E-state index contributed by atoms with van der Waals surface area (Å²) in [7, 11) is 4.74. The lowest BCUT2D eigenvalue weighted by Gasteiger charge is -2.34. The molecule has 31 heavy (non-hydrogen) atoms. The van der Waals surface area contributed by atoms with Crippen molar-refractivity contribution in [2.45, 2.75) is 5.54 Å². The van der Waals surface area contributed by atoms with Gasteiger partial charge in [0.2, 0.25) is 0 Å². The molecule has 4 rings (SSSR count). The van der Waals surface area contributed by atoms with Crippen LogP contribution in [0.3, 0.4) is 0 Å². The van der Waals surface area contributed by atoms with Crippen molar-refractivity contribution in [3.63, 3.8) is 0 Å². The van der Waals surface area contributed by atoms with Crippen LogP contribution in [0.25, 0.3) is 5.57 Å². The zero-order valence-corrected chi connectivity index (χ0v) is 17.4. The van der Waals surface area contributed by atoms with E-state index in [0.717, 1.165) is 0 Å². The number of Topliss-reactive ketones (excluding diaryl/α,β-unsaturated/α-hetero) is 1. The third-order valence-corrected chi connectivity index (χ3v) is 5.69. The van der Waals surface area contributed by atoms with Crippen LogP contribution in [0.15, 0.2) is 78.4 Å². The lowest BCUT2D eigenvalue weighted by molar-refractivity contribution is -0.126. The first-order valence-electron chi connectivity index (χ1n) is 9.70. The Bertz CT molecular complexity index is 1140. The fraction of sp³-hybridized carbons (Fsp3) is 0.160. The fourth-order valence-corrected chi connectivity index (χ4v) is 3.96. The number of carbonyl (C=O) groups is 3. The zero-order valence-electron chi connectivity index (χ0n) is 17.4. The van der Waals surface area contributed by atoms with E-state index in [4.69, 9.17) is 9.47 Å². The lowest BCUT2D eigenvalue weighted by Crippen LogP contribution is -2.43. The Morgan fingerprint density at radius 1 is 0.839 bits per heavy atom. The largest absolute Gasteiger partial charge is 0.497 e. The van der Waals surface area contributed by atoms with Crippen LogP contribution in [0.4, 0.5) is 0 Å². The minimum absolute atomic E-state index is 0.0708. The lowest BCUT2D eigenvalue weighted by atomic mass is 9.80. The Balaban J connectivity index is 1.94. The fourth-order valence-electron chi connectivity index (χ4n) is 3.96. The van der Waals surface area contributed by atoms with Gasteiger partial charge in [0.05, 0.1) is 19.8 Å². The molecule has 2 aliphatic rings. The second kappa shape index (κ2) is 7.72. The van der Waals surface area contributed by atoms with Gasteiger partial charge in [-0.3, -0.25) is 14.4 Å². The summed E-state index contributed by atoms with van der Waals surface area (Å²) in [6.07, 6.45) is 6.18. The molecule has 2 aromatic rings. The molecule has 0 bridgehead atoms. The van der Waals surface area contributed by atoms with E-state index < -0.39 is 11.4 Å². The van der Waals surface area contributed by atoms with Gasteiger partial charge in [-0.15, -0.1) is 0 Å². The van der Waals surface area contributed by atoms with Gasteiger partial charge in [-0.1, -0.05) is 12.1 Å². The smallest absolute Gasteiger partial charge is 0.259 e. The van der Waals surface area contributed by atoms with E-state index in [1.54, 1.807) is 69.8 Å². The summed E-state index contributed by atoms with van der Waals surface area (Å²) in [5, 5.41) is 0. The van der Waals surface area contributed by atoms with Crippen molar-refractivity contribution in [1.29, 1.82) is 0 Å². The number of ketones is 2. The number of amides is 1. The maximum absolute atomic E-state index is 13.5. The highest BCUT2D eigenvalue weighted by atomic mass is 16.5. The Hall–Kier alpha value is -3.93. The highest BCUT2D eigenvalue weighted by molar-refractivity contribution is 6.33. The minimum Gasteiger partial charge on any atom is -0.497 e. The van der Waals surface area contributed by atoms with Crippen molar-refractivity contribution >= 4 is 23.0 Å². The number of allylic oxidation sites excluding steroid dienone is 2. The second-order valence-corrected chi connectivity index (χ2v) is 7.29. The summed E-state index contributed by atoms with van der Waals surface area (Å²) in [5.74, 6) is 0.305. The number of rotatable bonds is 5. The van der Waals surface area contributed by atoms with Crippen LogP contribution < -0.4 is 9.47 Å². The summed E-state index contributed by atoms with van der Waals surface area (Å²) in [6, 6.07) is 13.8. The summed E-state index contributed by atoms with van der Waals surface area (Å²) in [5.41, 5.74) is 0.640. The van der Waals surface area contributed by atoms with Crippen LogP contribution in [0.5, 0.6) is 11.5 Å². The van der Waals surface area contributed by atoms with Crippen LogP contribution in [0, 0.1) is 0 Å². The summed E-state index contributed by atoms with van der Waals surface area (Å²) < 4.78 is 10.4. The molecule has 2 aromatic carbocycles. The zero-order chi connectivity index (χ0) is 22.2. The quantitative estimate of drug-likeness (QED) is 0.554. The Labute approximate surface area is 180 Å². The molecule has 0 saturated carbocycles. The van der Waals surface area contributed by atoms with Crippen LogP contribution in [-0.2, 0) is 9.59 Å². The first-order chi connectivity index (χ1) is 14.9. The molecule has 0 aromatic heterocycles. The molecule has 156 valence electrons.